The molecule has 17 heavy (non-hydrogen) atoms. The van der Waals surface area contributed by atoms with Crippen LogP contribution in [0.3, 0.4) is 0 Å². The Bertz CT molecular complexity index is 410. The summed E-state index contributed by atoms with van der Waals surface area (Å²) in [6.07, 6.45) is 0.445. The minimum atomic E-state index is -0.287. The van der Waals surface area contributed by atoms with Crippen LogP contribution in [0.1, 0.15) is 32.8 Å². The highest BCUT2D eigenvalue weighted by Gasteiger charge is 2.04. The lowest BCUT2D eigenvalue weighted by Crippen LogP contribution is -2.20. The molecule has 4 heteroatoms. The standard InChI is InChI=1S/C13H17FN2O/c1-9(2)8-13(17)16-15-10(3)11-4-6-12(14)7-5-11/h4-7,9H,8H2,1-3H3,(H,16,17)/b15-10-. The van der Waals surface area contributed by atoms with Crippen LogP contribution in [-0.2, 0) is 4.79 Å². The number of carbonyl (C=O) groups excluding carboxylic acids is 1. The maximum absolute atomic E-state index is 12.7. The van der Waals surface area contributed by atoms with E-state index in [9.17, 15) is 9.18 Å². The quantitative estimate of drug-likeness (QED) is 0.633. The molecule has 3 nitrogen and oxygen atoms in total. The van der Waals surface area contributed by atoms with Crippen LogP contribution in [0.5, 0.6) is 0 Å². The van der Waals surface area contributed by atoms with Crippen LogP contribution >= 0.6 is 0 Å². The lowest BCUT2D eigenvalue weighted by atomic mass is 10.1. The van der Waals surface area contributed by atoms with E-state index in [-0.39, 0.29) is 11.7 Å². The Morgan fingerprint density at radius 3 is 2.47 bits per heavy atom. The van der Waals surface area contributed by atoms with Crippen molar-refractivity contribution in [1.82, 2.24) is 5.43 Å². The molecule has 0 fully saturated rings. The molecule has 92 valence electrons. The zero-order chi connectivity index (χ0) is 12.8. The van der Waals surface area contributed by atoms with Gasteiger partial charge in [0.2, 0.25) is 5.91 Å². The van der Waals surface area contributed by atoms with Gasteiger partial charge in [0.25, 0.3) is 0 Å². The predicted octanol–water partition coefficient (Wildman–Crippen LogP) is 2.71. The second-order valence-electron chi connectivity index (χ2n) is 4.34. The molecule has 0 saturated carbocycles. The van der Waals surface area contributed by atoms with Crippen LogP contribution in [0.2, 0.25) is 0 Å². The van der Waals surface area contributed by atoms with Gasteiger partial charge in [-0.3, -0.25) is 4.79 Å². The highest BCUT2D eigenvalue weighted by molar-refractivity contribution is 5.99. The van der Waals surface area contributed by atoms with Gasteiger partial charge in [-0.1, -0.05) is 26.0 Å². The second kappa shape index (κ2) is 6.13. The van der Waals surface area contributed by atoms with E-state index in [1.807, 2.05) is 13.8 Å². The molecule has 1 amide bonds. The first-order valence-corrected chi connectivity index (χ1v) is 5.58. The molecule has 0 aliphatic carbocycles. The number of nitrogens with zero attached hydrogens (tertiary/aromatic N) is 1. The number of hydrogen-bond donors (Lipinski definition) is 1. The molecule has 0 aromatic heterocycles. The molecule has 1 rings (SSSR count). The van der Waals surface area contributed by atoms with Crippen LogP contribution in [0.15, 0.2) is 29.4 Å². The number of rotatable bonds is 4. The molecule has 0 aliphatic heterocycles. The first-order valence-electron chi connectivity index (χ1n) is 5.58. The molecule has 0 aliphatic rings. The first kappa shape index (κ1) is 13.4. The smallest absolute Gasteiger partial charge is 0.240 e. The van der Waals surface area contributed by atoms with Crippen LogP contribution in [0.4, 0.5) is 4.39 Å². The average Bonchev–Trinajstić information content (AvgIpc) is 2.26. The van der Waals surface area contributed by atoms with Crippen molar-refractivity contribution in [3.63, 3.8) is 0 Å². The summed E-state index contributed by atoms with van der Waals surface area (Å²) in [7, 11) is 0. The third kappa shape index (κ3) is 4.76. The van der Waals surface area contributed by atoms with Crippen molar-refractivity contribution < 1.29 is 9.18 Å². The molecular weight excluding hydrogens is 219 g/mol. The fourth-order valence-corrected chi connectivity index (χ4v) is 1.32. The van der Waals surface area contributed by atoms with E-state index in [4.69, 9.17) is 0 Å². The van der Waals surface area contributed by atoms with E-state index < -0.39 is 0 Å². The highest BCUT2D eigenvalue weighted by atomic mass is 19.1. The minimum absolute atomic E-state index is 0.110. The third-order valence-corrected chi connectivity index (χ3v) is 2.20. The molecule has 0 unspecified atom stereocenters. The van der Waals surface area contributed by atoms with Gasteiger partial charge < -0.3 is 0 Å². The third-order valence-electron chi connectivity index (χ3n) is 2.20. The topological polar surface area (TPSA) is 41.5 Å². The van der Waals surface area contributed by atoms with Gasteiger partial charge in [-0.25, -0.2) is 9.82 Å². The molecule has 1 N–H and O–H groups in total. The maximum atomic E-state index is 12.7. The largest absolute Gasteiger partial charge is 0.273 e. The predicted molar refractivity (Wildman–Crippen MR) is 66.2 cm³/mol. The Hall–Kier alpha value is -1.71. The van der Waals surface area contributed by atoms with E-state index in [0.717, 1.165) is 5.56 Å². The van der Waals surface area contributed by atoms with Crippen molar-refractivity contribution in [2.24, 2.45) is 11.0 Å². The molecule has 0 spiro atoms. The fourth-order valence-electron chi connectivity index (χ4n) is 1.32. The summed E-state index contributed by atoms with van der Waals surface area (Å²) in [6.45, 7) is 5.70. The van der Waals surface area contributed by atoms with E-state index in [1.54, 1.807) is 19.1 Å². The average molecular weight is 236 g/mol. The van der Waals surface area contributed by atoms with Crippen molar-refractivity contribution in [1.29, 1.82) is 0 Å². The lowest BCUT2D eigenvalue weighted by Gasteiger charge is -2.04. The summed E-state index contributed by atoms with van der Waals surface area (Å²) < 4.78 is 12.7. The Morgan fingerprint density at radius 2 is 1.94 bits per heavy atom. The van der Waals surface area contributed by atoms with Gasteiger partial charge in [0.1, 0.15) is 5.82 Å². The minimum Gasteiger partial charge on any atom is -0.273 e. The van der Waals surface area contributed by atoms with Crippen molar-refractivity contribution in [3.05, 3.63) is 35.6 Å². The first-order chi connectivity index (χ1) is 7.99. The summed E-state index contributed by atoms with van der Waals surface area (Å²) in [5.74, 6) is -0.0943. The summed E-state index contributed by atoms with van der Waals surface area (Å²) in [6, 6.07) is 5.99. The monoisotopic (exact) mass is 236 g/mol. The van der Waals surface area contributed by atoms with Crippen LogP contribution in [-0.4, -0.2) is 11.6 Å². The molecular formula is C13H17FN2O. The Morgan fingerprint density at radius 1 is 1.35 bits per heavy atom. The van der Waals surface area contributed by atoms with Crippen molar-refractivity contribution in [2.75, 3.05) is 0 Å². The van der Waals surface area contributed by atoms with Crippen molar-refractivity contribution in [3.8, 4) is 0 Å². The number of hydrogen-bond acceptors (Lipinski definition) is 2. The van der Waals surface area contributed by atoms with Gasteiger partial charge >= 0.3 is 0 Å². The molecule has 0 atom stereocenters. The Balaban J connectivity index is 2.60. The summed E-state index contributed by atoms with van der Waals surface area (Å²) in [5, 5.41) is 3.97. The summed E-state index contributed by atoms with van der Waals surface area (Å²) >= 11 is 0. The fraction of sp³-hybridized carbons (Fsp3) is 0.385. The maximum Gasteiger partial charge on any atom is 0.240 e. The molecule has 0 saturated heterocycles. The Kier molecular flexibility index (Phi) is 4.82. The van der Waals surface area contributed by atoms with Crippen LogP contribution < -0.4 is 5.43 Å². The van der Waals surface area contributed by atoms with Crippen molar-refractivity contribution >= 4 is 11.6 Å². The van der Waals surface area contributed by atoms with Crippen molar-refractivity contribution in [2.45, 2.75) is 27.2 Å². The van der Waals surface area contributed by atoms with Gasteiger partial charge in [-0.2, -0.15) is 5.10 Å². The van der Waals surface area contributed by atoms with Crippen LogP contribution in [0.25, 0.3) is 0 Å². The Labute approximate surface area is 101 Å². The van der Waals surface area contributed by atoms with E-state index in [2.05, 4.69) is 10.5 Å². The SMILES string of the molecule is C/C(=N/NC(=O)CC(C)C)c1ccc(F)cc1. The highest BCUT2D eigenvalue weighted by Crippen LogP contribution is 2.04. The molecule has 1 aromatic rings. The molecule has 0 heterocycles. The summed E-state index contributed by atoms with van der Waals surface area (Å²) in [5.41, 5.74) is 3.93. The molecule has 0 bridgehead atoms. The number of hydrazone groups is 1. The van der Waals surface area contributed by atoms with E-state index in [1.165, 1.54) is 12.1 Å². The lowest BCUT2D eigenvalue weighted by molar-refractivity contribution is -0.121. The van der Waals surface area contributed by atoms with Gasteiger partial charge in [-0.15, -0.1) is 0 Å². The number of amides is 1. The van der Waals surface area contributed by atoms with E-state index >= 15 is 0 Å². The number of halogens is 1. The molecule has 1 aromatic carbocycles. The number of nitrogens with one attached hydrogen (secondary N) is 1. The zero-order valence-electron chi connectivity index (χ0n) is 10.3. The van der Waals surface area contributed by atoms with Gasteiger partial charge in [0.05, 0.1) is 5.71 Å². The van der Waals surface area contributed by atoms with E-state index in [0.29, 0.717) is 18.1 Å². The van der Waals surface area contributed by atoms with Gasteiger partial charge in [0.15, 0.2) is 0 Å². The number of benzene rings is 1. The normalized spacial score (nSPS) is 11.7. The van der Waals surface area contributed by atoms with Crippen LogP contribution in [0, 0.1) is 11.7 Å². The number of carbonyl (C=O) groups is 1. The summed E-state index contributed by atoms with van der Waals surface area (Å²) in [4.78, 5) is 11.4. The second-order valence-corrected chi connectivity index (χ2v) is 4.34. The zero-order valence-corrected chi connectivity index (χ0v) is 10.3. The van der Waals surface area contributed by atoms with Gasteiger partial charge in [-0.05, 0) is 30.5 Å². The molecule has 0 radical (unpaired) electrons. The van der Waals surface area contributed by atoms with Gasteiger partial charge in [0, 0.05) is 6.42 Å².